The largest absolute Gasteiger partial charge is 0.469 e. The van der Waals surface area contributed by atoms with Crippen molar-refractivity contribution in [2.24, 2.45) is 0 Å². The van der Waals surface area contributed by atoms with E-state index in [1.54, 1.807) is 13.8 Å². The van der Waals surface area contributed by atoms with E-state index in [-0.39, 0.29) is 53.7 Å². The lowest BCUT2D eigenvalue weighted by atomic mass is 10.1. The van der Waals surface area contributed by atoms with Crippen LogP contribution in [0.2, 0.25) is 0 Å². The van der Waals surface area contributed by atoms with Gasteiger partial charge >= 0.3 is 23.9 Å². The first-order valence-electron chi connectivity index (χ1n) is 8.59. The molecule has 1 aromatic heterocycles. The molecule has 0 bridgehead atoms. The fourth-order valence-electron chi connectivity index (χ4n) is 2.36. The van der Waals surface area contributed by atoms with Crippen molar-refractivity contribution in [2.45, 2.75) is 20.3 Å². The number of carbonyl (C=O) groups is 4. The van der Waals surface area contributed by atoms with Crippen LogP contribution in [-0.2, 0) is 39.8 Å². The summed E-state index contributed by atoms with van der Waals surface area (Å²) in [5.41, 5.74) is 0.0679. The van der Waals surface area contributed by atoms with Crippen molar-refractivity contribution in [3.8, 4) is 6.07 Å². The summed E-state index contributed by atoms with van der Waals surface area (Å²) in [6, 6.07) is 1.93. The number of methoxy groups -OCH3 is 2. The molecule has 1 rings (SSSR count). The Labute approximate surface area is 171 Å². The molecule has 0 aliphatic heterocycles. The summed E-state index contributed by atoms with van der Waals surface area (Å²) in [5, 5.41) is 9.82. The third-order valence-electron chi connectivity index (χ3n) is 3.56. The van der Waals surface area contributed by atoms with E-state index < -0.39 is 23.9 Å². The van der Waals surface area contributed by atoms with E-state index in [4.69, 9.17) is 14.2 Å². The summed E-state index contributed by atoms with van der Waals surface area (Å²) in [6.07, 6.45) is -0.354. The molecular weight excluding hydrogens is 408 g/mol. The van der Waals surface area contributed by atoms with E-state index in [1.165, 1.54) is 12.0 Å². The monoisotopic (exact) mass is 430 g/mol. The second kappa shape index (κ2) is 11.7. The average molecular weight is 430 g/mol. The van der Waals surface area contributed by atoms with Crippen molar-refractivity contribution in [1.29, 1.82) is 5.26 Å². The second-order valence-electron chi connectivity index (χ2n) is 5.41. The lowest BCUT2D eigenvalue weighted by molar-refractivity contribution is -0.143. The Kier molecular flexibility index (Phi) is 9.61. The molecule has 0 N–H and O–H groups in total. The number of carbonyl (C=O) groups excluding carboxylic acids is 4. The van der Waals surface area contributed by atoms with Crippen molar-refractivity contribution in [2.75, 3.05) is 45.4 Å². The smallest absolute Gasteiger partial charge is 0.348 e. The van der Waals surface area contributed by atoms with Crippen molar-refractivity contribution in [3.05, 3.63) is 16.0 Å². The van der Waals surface area contributed by atoms with Gasteiger partial charge in [0.15, 0.2) is 0 Å². The summed E-state index contributed by atoms with van der Waals surface area (Å²) in [6.45, 7) is 2.79. The molecule has 0 aliphatic carbocycles. The highest BCUT2D eigenvalue weighted by molar-refractivity contribution is 7.18. The number of nitrogens with zero attached hydrogens (tertiary/aromatic N) is 2. The number of hydrogen-bond donors (Lipinski definition) is 0. The molecule has 0 atom stereocenters. The Hall–Kier alpha value is -3.13. The van der Waals surface area contributed by atoms with Crippen LogP contribution >= 0.6 is 11.3 Å². The highest BCUT2D eigenvalue weighted by Crippen LogP contribution is 2.37. The molecular formula is C18H22N2O8S. The number of esters is 4. The average Bonchev–Trinajstić information content (AvgIpc) is 3.05. The van der Waals surface area contributed by atoms with Crippen molar-refractivity contribution < 1.29 is 38.1 Å². The van der Waals surface area contributed by atoms with Gasteiger partial charge in [0, 0.05) is 5.56 Å². The van der Waals surface area contributed by atoms with E-state index in [0.29, 0.717) is 0 Å². The summed E-state index contributed by atoms with van der Waals surface area (Å²) >= 11 is 0.830. The van der Waals surface area contributed by atoms with Crippen LogP contribution in [0.25, 0.3) is 0 Å². The van der Waals surface area contributed by atoms with Gasteiger partial charge in [-0.15, -0.1) is 11.3 Å². The molecule has 0 amide bonds. The first kappa shape index (κ1) is 23.9. The Morgan fingerprint density at radius 3 is 1.93 bits per heavy atom. The van der Waals surface area contributed by atoms with Gasteiger partial charge in [-0.05, 0) is 13.8 Å². The maximum atomic E-state index is 12.2. The molecule has 0 saturated carbocycles. The van der Waals surface area contributed by atoms with E-state index in [0.717, 1.165) is 18.4 Å². The molecule has 0 aliphatic rings. The minimum absolute atomic E-state index is 0.00201. The van der Waals surface area contributed by atoms with Crippen LogP contribution in [-0.4, -0.2) is 64.4 Å². The van der Waals surface area contributed by atoms with E-state index in [1.807, 2.05) is 6.07 Å². The second-order valence-corrected chi connectivity index (χ2v) is 6.41. The maximum absolute atomic E-state index is 12.2. The van der Waals surface area contributed by atoms with Crippen molar-refractivity contribution in [1.82, 2.24) is 0 Å². The van der Waals surface area contributed by atoms with Crippen LogP contribution in [0.15, 0.2) is 0 Å². The molecule has 11 heteroatoms. The fourth-order valence-corrected chi connectivity index (χ4v) is 3.54. The van der Waals surface area contributed by atoms with Crippen LogP contribution in [0.4, 0.5) is 5.00 Å². The van der Waals surface area contributed by atoms with Gasteiger partial charge in [-0.2, -0.15) is 5.26 Å². The van der Waals surface area contributed by atoms with Gasteiger partial charge in [-0.3, -0.25) is 14.4 Å². The quantitative estimate of drug-likeness (QED) is 0.301. The normalized spacial score (nSPS) is 9.90. The molecule has 1 aromatic rings. The van der Waals surface area contributed by atoms with Gasteiger partial charge in [0.2, 0.25) is 0 Å². The molecule has 0 aromatic carbocycles. The topological polar surface area (TPSA) is 132 Å². The molecule has 0 spiro atoms. The van der Waals surface area contributed by atoms with Gasteiger partial charge in [0.05, 0.1) is 39.4 Å². The summed E-state index contributed by atoms with van der Waals surface area (Å²) in [7, 11) is 2.33. The molecule has 29 heavy (non-hydrogen) atoms. The van der Waals surface area contributed by atoms with Gasteiger partial charge in [-0.25, -0.2) is 4.79 Å². The van der Waals surface area contributed by atoms with Crippen molar-refractivity contribution >= 4 is 40.2 Å². The zero-order chi connectivity index (χ0) is 22.0. The molecule has 0 saturated heterocycles. The SMILES string of the molecule is CCO[13C](=O)[13CH2]N([13CH2][13C](=O)OCC)c1sc(C(=O)OC)c(CC(=O)OC)c1C#N. The Balaban J connectivity index is 3.50. The molecule has 158 valence electrons. The third-order valence-corrected chi connectivity index (χ3v) is 4.83. The van der Waals surface area contributed by atoms with Crippen LogP contribution in [0.5, 0.6) is 0 Å². The molecule has 0 unspecified atom stereocenters. The first-order chi connectivity index (χ1) is 13.8. The Bertz CT molecular complexity index is 792. The van der Waals surface area contributed by atoms with E-state index in [9.17, 15) is 24.4 Å². The van der Waals surface area contributed by atoms with Crippen LogP contribution < -0.4 is 4.90 Å². The summed E-state index contributed by atoms with van der Waals surface area (Å²) in [5.74, 6) is -2.70. The van der Waals surface area contributed by atoms with Gasteiger partial charge in [0.1, 0.15) is 29.0 Å². The Morgan fingerprint density at radius 1 is 0.966 bits per heavy atom. The van der Waals surface area contributed by atoms with Crippen LogP contribution in [0.1, 0.15) is 34.6 Å². The van der Waals surface area contributed by atoms with Gasteiger partial charge < -0.3 is 23.8 Å². The third kappa shape index (κ3) is 6.46. The number of ether oxygens (including phenoxy) is 4. The number of nitriles is 1. The number of rotatable bonds is 10. The minimum Gasteiger partial charge on any atom is -0.469 e. The highest BCUT2D eigenvalue weighted by Gasteiger charge is 2.30. The number of hydrogen-bond acceptors (Lipinski definition) is 11. The zero-order valence-corrected chi connectivity index (χ0v) is 17.4. The molecule has 1 heterocycles. The standard InChI is InChI=1S/C18H22N2O8S/c1-5-27-14(22)9-20(10-15(23)28-6-2)17-12(8-19)11(7-13(21)25-3)16(29-17)18(24)26-4/h5-7,9-10H2,1-4H3/i9+1,10+1,14+1,15+1. The summed E-state index contributed by atoms with van der Waals surface area (Å²) < 4.78 is 19.2. The van der Waals surface area contributed by atoms with E-state index in [2.05, 4.69) is 4.74 Å². The molecule has 10 nitrogen and oxygen atoms in total. The highest BCUT2D eigenvalue weighted by atomic mass is 32.1. The minimum atomic E-state index is -0.760. The van der Waals surface area contributed by atoms with Crippen molar-refractivity contribution in [3.63, 3.8) is 0 Å². The lowest BCUT2D eigenvalue weighted by Crippen LogP contribution is -2.36. The Morgan fingerprint density at radius 2 is 1.52 bits per heavy atom. The van der Waals surface area contributed by atoms with Gasteiger partial charge in [-0.1, -0.05) is 0 Å². The predicted octanol–water partition coefficient (Wildman–Crippen LogP) is 1.05. The molecule has 0 fully saturated rings. The maximum Gasteiger partial charge on any atom is 0.348 e. The molecule has 0 radical (unpaired) electrons. The number of anilines is 1. The van der Waals surface area contributed by atoms with E-state index >= 15 is 0 Å². The predicted molar refractivity (Wildman–Crippen MR) is 102 cm³/mol. The van der Waals surface area contributed by atoms with Gasteiger partial charge in [0.25, 0.3) is 0 Å². The summed E-state index contributed by atoms with van der Waals surface area (Å²) in [4.78, 5) is 49.3. The van der Waals surface area contributed by atoms with Crippen LogP contribution in [0, 0.1) is 11.3 Å². The fraction of sp³-hybridized carbons (Fsp3) is 0.500. The number of thiophene rings is 1. The zero-order valence-electron chi connectivity index (χ0n) is 16.6. The van der Waals surface area contributed by atoms with Crippen LogP contribution in [0.3, 0.4) is 0 Å². The lowest BCUT2D eigenvalue weighted by Gasteiger charge is -2.21. The first-order valence-corrected chi connectivity index (χ1v) is 9.41.